The summed E-state index contributed by atoms with van der Waals surface area (Å²) in [6.07, 6.45) is 7.81. The third-order valence-corrected chi connectivity index (χ3v) is 3.36. The predicted molar refractivity (Wildman–Crippen MR) is 87.2 cm³/mol. The molecule has 0 amide bonds. The lowest BCUT2D eigenvalue weighted by atomic mass is 9.72. The van der Waals surface area contributed by atoms with Crippen LogP contribution in [0.2, 0.25) is 0 Å². The van der Waals surface area contributed by atoms with Crippen LogP contribution in [-0.4, -0.2) is 22.0 Å². The Hall–Kier alpha value is -2.38. The summed E-state index contributed by atoms with van der Waals surface area (Å²) in [5.74, 6) is -0.0175. The third kappa shape index (κ3) is 8.03. The van der Waals surface area contributed by atoms with E-state index >= 15 is 0 Å². The number of nitrogens with two attached hydrogens (primary N) is 2. The van der Waals surface area contributed by atoms with Crippen LogP contribution in [0.15, 0.2) is 33.5 Å². The van der Waals surface area contributed by atoms with Crippen molar-refractivity contribution < 1.29 is 10.3 Å². The Labute approximate surface area is 130 Å². The van der Waals surface area contributed by atoms with Crippen molar-refractivity contribution in [1.29, 1.82) is 0 Å². The highest BCUT2D eigenvalue weighted by molar-refractivity contribution is 5.93. The van der Waals surface area contributed by atoms with E-state index in [1.165, 1.54) is 30.4 Å². The second-order valence-electron chi connectivity index (χ2n) is 5.77. The second-order valence-corrected chi connectivity index (χ2v) is 5.77. The summed E-state index contributed by atoms with van der Waals surface area (Å²) in [5.41, 5.74) is 14.4. The zero-order chi connectivity index (χ0) is 17.3. The van der Waals surface area contributed by atoms with Gasteiger partial charge in [0.1, 0.15) is 0 Å². The minimum absolute atomic E-state index is 0.0175. The number of rotatable bonds is 3. The normalized spacial score (nSPS) is 17.7. The van der Waals surface area contributed by atoms with Gasteiger partial charge < -0.3 is 16.7 Å². The van der Waals surface area contributed by atoms with Crippen molar-refractivity contribution >= 4 is 11.7 Å². The molecular formula is C14H25N5O3. The van der Waals surface area contributed by atoms with Crippen LogP contribution in [-0.2, 0) is 0 Å². The summed E-state index contributed by atoms with van der Waals surface area (Å²) >= 11 is 0. The topological polar surface area (TPSA) is 140 Å². The highest BCUT2D eigenvalue weighted by Gasteiger charge is 2.26. The van der Waals surface area contributed by atoms with Gasteiger partial charge in [-0.1, -0.05) is 25.5 Å². The lowest BCUT2D eigenvalue weighted by Crippen LogP contribution is -2.22. The molecule has 0 atom stereocenters. The van der Waals surface area contributed by atoms with E-state index in [4.69, 9.17) is 26.8 Å². The summed E-state index contributed by atoms with van der Waals surface area (Å²) in [6.45, 7) is 8.67. The first-order chi connectivity index (χ1) is 10.1. The van der Waals surface area contributed by atoms with Gasteiger partial charge in [0.15, 0.2) is 0 Å². The van der Waals surface area contributed by atoms with Gasteiger partial charge in [0.2, 0.25) is 5.96 Å². The molecule has 0 radical (unpaired) electrons. The summed E-state index contributed by atoms with van der Waals surface area (Å²) < 4.78 is 0. The van der Waals surface area contributed by atoms with E-state index in [-0.39, 0.29) is 11.4 Å². The van der Waals surface area contributed by atoms with Gasteiger partial charge in [0.05, 0.1) is 5.71 Å². The fraction of sp³-hybridized carbons (Fsp3) is 0.571. The van der Waals surface area contributed by atoms with Crippen LogP contribution in [0.1, 0.15) is 47.0 Å². The largest absolute Gasteiger partial charge is 0.369 e. The van der Waals surface area contributed by atoms with E-state index in [0.717, 1.165) is 5.71 Å². The zero-order valence-electron chi connectivity index (χ0n) is 13.5. The predicted octanol–water partition coefficient (Wildman–Crippen LogP) is 2.37. The molecule has 0 heterocycles. The minimum Gasteiger partial charge on any atom is -0.369 e. The number of guanidine groups is 1. The van der Waals surface area contributed by atoms with Gasteiger partial charge in [-0.3, -0.25) is 0 Å². The van der Waals surface area contributed by atoms with Crippen molar-refractivity contribution in [1.82, 2.24) is 0 Å². The fourth-order valence-electron chi connectivity index (χ4n) is 2.38. The lowest BCUT2D eigenvalue weighted by Gasteiger charge is -2.32. The first-order valence-corrected chi connectivity index (χ1v) is 6.91. The van der Waals surface area contributed by atoms with Crippen molar-refractivity contribution in [2.75, 3.05) is 0 Å². The number of allylic oxidation sites excluding steroid dienone is 4. The van der Waals surface area contributed by atoms with E-state index < -0.39 is 5.09 Å². The van der Waals surface area contributed by atoms with Crippen LogP contribution in [0.5, 0.6) is 0 Å². The molecule has 0 aromatic heterocycles. The van der Waals surface area contributed by atoms with Crippen molar-refractivity contribution in [3.63, 3.8) is 0 Å². The minimum atomic E-state index is -1.50. The Morgan fingerprint density at radius 3 is 2.41 bits per heavy atom. The Balaban J connectivity index is 0.000000980. The molecule has 124 valence electrons. The van der Waals surface area contributed by atoms with Crippen LogP contribution >= 0.6 is 0 Å². The molecule has 0 aliphatic heterocycles. The van der Waals surface area contributed by atoms with Crippen LogP contribution in [0, 0.1) is 15.5 Å². The molecule has 1 aliphatic rings. The monoisotopic (exact) mass is 311 g/mol. The second kappa shape index (κ2) is 8.81. The lowest BCUT2D eigenvalue weighted by molar-refractivity contribution is -0.742. The summed E-state index contributed by atoms with van der Waals surface area (Å²) in [5, 5.41) is 21.2. The van der Waals surface area contributed by atoms with Gasteiger partial charge in [0.25, 0.3) is 5.09 Å². The standard InChI is InChI=1S/C14H24N4.HNO3/c1-10-6-5-9-14(3,4)12(10)8-7-11(2)17-18-13(15)16;2-1(3)4/h7-8H,5-6,9H2,1-4H3,(H4,15,16,18);(H,2,3,4)/b8-7+,17-11+;. The van der Waals surface area contributed by atoms with E-state index in [1.54, 1.807) is 0 Å². The first kappa shape index (κ1) is 19.6. The Bertz CT molecular complexity index is 511. The molecule has 22 heavy (non-hydrogen) atoms. The molecule has 0 saturated heterocycles. The van der Waals surface area contributed by atoms with E-state index in [2.05, 4.69) is 37.1 Å². The van der Waals surface area contributed by atoms with Gasteiger partial charge in [0, 0.05) is 0 Å². The fourth-order valence-corrected chi connectivity index (χ4v) is 2.38. The molecule has 0 unspecified atom stereocenters. The molecule has 0 saturated carbocycles. The molecular weight excluding hydrogens is 286 g/mol. The van der Waals surface area contributed by atoms with Crippen molar-refractivity contribution in [2.24, 2.45) is 27.1 Å². The highest BCUT2D eigenvalue weighted by atomic mass is 16.9. The average Bonchev–Trinajstić information content (AvgIpc) is 2.34. The van der Waals surface area contributed by atoms with Gasteiger partial charge in [-0.2, -0.15) is 5.10 Å². The first-order valence-electron chi connectivity index (χ1n) is 6.91. The molecule has 0 aromatic rings. The molecule has 1 rings (SSSR count). The Morgan fingerprint density at radius 2 is 1.95 bits per heavy atom. The molecule has 1 aliphatic carbocycles. The molecule has 8 heteroatoms. The van der Waals surface area contributed by atoms with Gasteiger partial charge in [-0.25, -0.2) is 0 Å². The van der Waals surface area contributed by atoms with Gasteiger partial charge >= 0.3 is 0 Å². The smallest absolute Gasteiger partial charge is 0.291 e. The van der Waals surface area contributed by atoms with Crippen molar-refractivity contribution in [2.45, 2.75) is 47.0 Å². The summed E-state index contributed by atoms with van der Waals surface area (Å²) in [4.78, 5) is 8.36. The van der Waals surface area contributed by atoms with E-state index in [0.29, 0.717) is 0 Å². The van der Waals surface area contributed by atoms with Crippen molar-refractivity contribution in [3.05, 3.63) is 33.4 Å². The molecule has 8 nitrogen and oxygen atoms in total. The van der Waals surface area contributed by atoms with Crippen molar-refractivity contribution in [3.8, 4) is 0 Å². The number of hydrogen-bond acceptors (Lipinski definition) is 4. The third-order valence-electron chi connectivity index (χ3n) is 3.36. The van der Waals surface area contributed by atoms with E-state index in [9.17, 15) is 0 Å². The SMILES string of the molecule is CC1=C(/C=C/C(C)=N/N=C(N)N)C(C)(C)CCC1.O=[N+]([O-])O. The summed E-state index contributed by atoms with van der Waals surface area (Å²) in [7, 11) is 0. The van der Waals surface area contributed by atoms with Gasteiger partial charge in [-0.05, 0) is 50.2 Å². The molecule has 0 aromatic carbocycles. The summed E-state index contributed by atoms with van der Waals surface area (Å²) in [6, 6.07) is 0. The maximum absolute atomic E-state index is 8.36. The van der Waals surface area contributed by atoms with Gasteiger partial charge in [-0.15, -0.1) is 15.2 Å². The zero-order valence-corrected chi connectivity index (χ0v) is 13.5. The molecule has 5 N–H and O–H groups in total. The number of nitrogens with zero attached hydrogens (tertiary/aromatic N) is 3. The quantitative estimate of drug-likeness (QED) is 0.317. The molecule has 0 fully saturated rings. The van der Waals surface area contributed by atoms with E-state index in [1.807, 2.05) is 13.0 Å². The Morgan fingerprint density at radius 1 is 1.41 bits per heavy atom. The highest BCUT2D eigenvalue weighted by Crippen LogP contribution is 2.40. The molecule has 0 bridgehead atoms. The maximum Gasteiger partial charge on any atom is 0.291 e. The van der Waals surface area contributed by atoms with Crippen LogP contribution < -0.4 is 11.5 Å². The average molecular weight is 311 g/mol. The van der Waals surface area contributed by atoms with Crippen LogP contribution in [0.3, 0.4) is 0 Å². The van der Waals surface area contributed by atoms with Crippen LogP contribution in [0.4, 0.5) is 0 Å². The number of hydrogen-bond donors (Lipinski definition) is 3. The Kier molecular flexibility index (Phi) is 7.85. The molecule has 0 spiro atoms. The van der Waals surface area contributed by atoms with Crippen LogP contribution in [0.25, 0.3) is 0 Å². The maximum atomic E-state index is 8.36.